The molecule has 85 heavy (non-hydrogen) atoms. The van der Waals surface area contributed by atoms with Gasteiger partial charge in [-0.2, -0.15) is 0 Å². The maximum absolute atomic E-state index is 6.32. The van der Waals surface area contributed by atoms with Crippen molar-refractivity contribution in [3.05, 3.63) is 243 Å². The maximum atomic E-state index is 6.32. The van der Waals surface area contributed by atoms with Gasteiger partial charge >= 0.3 is 7.12 Å². The fourth-order valence-electron chi connectivity index (χ4n) is 11.8. The molecule has 16 aromatic rings. The average molecular weight is 1100 g/mol. The van der Waals surface area contributed by atoms with Crippen LogP contribution in [0.25, 0.3) is 155 Å². The number of nitrogens with zero attached hydrogens (tertiary/aromatic N) is 3. The first-order chi connectivity index (χ1) is 41.5. The molecule has 0 aliphatic carbocycles. The lowest BCUT2D eigenvalue weighted by molar-refractivity contribution is 0.00578. The number of hydrogen-bond donors (Lipinski definition) is 0. The van der Waals surface area contributed by atoms with Crippen molar-refractivity contribution in [1.82, 2.24) is 15.0 Å². The van der Waals surface area contributed by atoms with Crippen molar-refractivity contribution in [2.75, 3.05) is 0 Å². The van der Waals surface area contributed by atoms with E-state index in [4.69, 9.17) is 41.9 Å². The summed E-state index contributed by atoms with van der Waals surface area (Å²) in [5, 5.41) is 8.50. The summed E-state index contributed by atoms with van der Waals surface area (Å²) in [5.41, 5.74) is 16.7. The minimum absolute atomic E-state index is 0.370. The van der Waals surface area contributed by atoms with Crippen LogP contribution in [0.1, 0.15) is 27.7 Å². The van der Waals surface area contributed by atoms with E-state index >= 15 is 0 Å². The first-order valence-electron chi connectivity index (χ1n) is 28.6. The molecule has 1 aliphatic rings. The molecule has 0 saturated carbocycles. The van der Waals surface area contributed by atoms with Gasteiger partial charge in [0.2, 0.25) is 0 Å². The topological polar surface area (TPSA) is 110 Å². The molecule has 5 aromatic heterocycles. The van der Waals surface area contributed by atoms with Gasteiger partial charge in [0.25, 0.3) is 0 Å². The van der Waals surface area contributed by atoms with Gasteiger partial charge in [0, 0.05) is 59.8 Å². The minimum Gasteiger partial charge on any atom is -0.456 e. The Balaban J connectivity index is 0.000000170. The third kappa shape index (κ3) is 8.84. The molecule has 1 fully saturated rings. The number of hydrogen-bond acceptors (Lipinski definition) is 9. The number of rotatable bonds is 7. The van der Waals surface area contributed by atoms with Crippen molar-refractivity contribution in [3.8, 4) is 67.5 Å². The third-order valence-corrected chi connectivity index (χ3v) is 17.1. The van der Waals surface area contributed by atoms with Gasteiger partial charge in [0.1, 0.15) is 44.7 Å². The Morgan fingerprint density at radius 2 is 0.576 bits per heavy atom. The van der Waals surface area contributed by atoms with Crippen LogP contribution < -0.4 is 5.46 Å². The molecule has 0 spiro atoms. The van der Waals surface area contributed by atoms with Gasteiger partial charge in [0.05, 0.1) is 11.2 Å². The first kappa shape index (κ1) is 50.3. The van der Waals surface area contributed by atoms with Gasteiger partial charge < -0.3 is 27.0 Å². The number of furan rings is 4. The van der Waals surface area contributed by atoms with Crippen LogP contribution in [-0.4, -0.2) is 33.3 Å². The van der Waals surface area contributed by atoms with Crippen LogP contribution in [0, 0.1) is 0 Å². The molecule has 1 saturated heterocycles. The summed E-state index contributed by atoms with van der Waals surface area (Å²) in [4.78, 5) is 15.0. The number of aromatic nitrogens is 3. The molecule has 0 N–H and O–H groups in total. The smallest absolute Gasteiger partial charge is 0.456 e. The predicted octanol–water partition coefficient (Wildman–Crippen LogP) is 19.5. The molecule has 1 aliphatic heterocycles. The highest BCUT2D eigenvalue weighted by Gasteiger charge is 2.51. The van der Waals surface area contributed by atoms with E-state index < -0.39 is 7.12 Å². The molecule has 9 nitrogen and oxygen atoms in total. The summed E-state index contributed by atoms with van der Waals surface area (Å²) in [6.07, 6.45) is 0. The van der Waals surface area contributed by atoms with Crippen LogP contribution in [0.5, 0.6) is 0 Å². The van der Waals surface area contributed by atoms with Crippen LogP contribution in [-0.2, 0) is 9.31 Å². The lowest BCUT2D eigenvalue weighted by Crippen LogP contribution is -2.41. The van der Waals surface area contributed by atoms with Crippen molar-refractivity contribution >= 4 is 100 Å². The SMILES string of the molecule is CC1(C)OB(c2ccc3oc4cc5c(cc4c3c2)oc2ccccc25)OC1(C)C.c1ccc(-c2ccc(-c3nc(-c4ccccc4)nc(-c4cccc(-c5ccc(-c6ccc7oc8cc9c(cc8c7c6)oc6ccccc69)cc5)c4)n3)cc2)cc1. The molecule has 17 rings (SSSR count). The second-order valence-electron chi connectivity index (χ2n) is 22.9. The van der Waals surface area contributed by atoms with E-state index in [0.717, 1.165) is 138 Å². The summed E-state index contributed by atoms with van der Waals surface area (Å²) < 4.78 is 37.2. The number of para-hydroxylation sites is 2. The van der Waals surface area contributed by atoms with Crippen LogP contribution in [0.15, 0.2) is 260 Å². The maximum Gasteiger partial charge on any atom is 0.494 e. The zero-order valence-electron chi connectivity index (χ0n) is 47.0. The minimum atomic E-state index is -0.399. The Kier molecular flexibility index (Phi) is 11.6. The van der Waals surface area contributed by atoms with Crippen LogP contribution in [0.3, 0.4) is 0 Å². The highest BCUT2D eigenvalue weighted by molar-refractivity contribution is 6.62. The molecule has 0 bridgehead atoms. The molecular formula is C75H52BN3O6. The average Bonchev–Trinajstić information content (AvgIpc) is 2.26. The lowest BCUT2D eigenvalue weighted by Gasteiger charge is -2.32. The molecule has 0 atom stereocenters. The Bertz CT molecular complexity index is 5240. The second-order valence-corrected chi connectivity index (χ2v) is 22.9. The molecule has 6 heterocycles. The van der Waals surface area contributed by atoms with Gasteiger partial charge in [-0.15, -0.1) is 0 Å². The van der Waals surface area contributed by atoms with Gasteiger partial charge in [0.15, 0.2) is 17.5 Å². The van der Waals surface area contributed by atoms with Crippen molar-refractivity contribution in [1.29, 1.82) is 0 Å². The van der Waals surface area contributed by atoms with E-state index in [2.05, 4.69) is 185 Å². The normalized spacial score (nSPS) is 14.0. The molecule has 0 radical (unpaired) electrons. The highest BCUT2D eigenvalue weighted by atomic mass is 16.7. The summed E-state index contributed by atoms with van der Waals surface area (Å²) in [6.45, 7) is 8.27. The van der Waals surface area contributed by atoms with E-state index in [1.165, 1.54) is 5.56 Å². The molecular weight excluding hydrogens is 1050 g/mol. The fourth-order valence-corrected chi connectivity index (χ4v) is 11.8. The zero-order valence-corrected chi connectivity index (χ0v) is 47.0. The number of fused-ring (bicyclic) bond motifs is 12. The number of benzene rings is 11. The quantitative estimate of drug-likeness (QED) is 0.144. The standard InChI is InChI=1S/C51H31N3O2.C24H21BO4/c1-3-10-32(11-4-1)33-22-24-37(25-23-33)50-52-49(36-12-5-2-6-13-36)53-51(54-50)40-15-9-14-38(28-40)34-18-20-35(21-19-34)39-26-27-46-42(29-39)44-31-47-43(30-48(44)56-46)41-16-7-8-17-45(41)55-47;1-23(2)24(3,4)29-25(28-23)14-9-10-20-16(11-14)18-13-21-17(12-22(18)27-20)15-7-5-6-8-19(15)26-21/h1-31H;5-13H,1-4H3. The largest absolute Gasteiger partial charge is 0.494 e. The summed E-state index contributed by atoms with van der Waals surface area (Å²) in [7, 11) is -0.399. The van der Waals surface area contributed by atoms with E-state index in [-0.39, 0.29) is 11.2 Å². The Labute approximate surface area is 488 Å². The van der Waals surface area contributed by atoms with Gasteiger partial charge in [-0.05, 0) is 127 Å². The third-order valence-electron chi connectivity index (χ3n) is 17.1. The van der Waals surface area contributed by atoms with Crippen LogP contribution >= 0.6 is 0 Å². The highest BCUT2D eigenvalue weighted by Crippen LogP contribution is 2.41. The molecule has 0 unspecified atom stereocenters. The fraction of sp³-hybridized carbons (Fsp3) is 0.0800. The van der Waals surface area contributed by atoms with Crippen LogP contribution in [0.4, 0.5) is 0 Å². The van der Waals surface area contributed by atoms with Crippen LogP contribution in [0.2, 0.25) is 0 Å². The van der Waals surface area contributed by atoms with Gasteiger partial charge in [-0.3, -0.25) is 0 Å². The van der Waals surface area contributed by atoms with Crippen molar-refractivity contribution in [2.24, 2.45) is 0 Å². The van der Waals surface area contributed by atoms with Gasteiger partial charge in [-0.25, -0.2) is 15.0 Å². The van der Waals surface area contributed by atoms with E-state index in [1.54, 1.807) is 0 Å². The van der Waals surface area contributed by atoms with Crippen molar-refractivity contribution < 1.29 is 27.0 Å². The Morgan fingerprint density at radius 3 is 1.11 bits per heavy atom. The molecule has 11 aromatic carbocycles. The summed E-state index contributed by atoms with van der Waals surface area (Å²) in [6, 6.07) is 83.1. The first-order valence-corrected chi connectivity index (χ1v) is 28.6. The van der Waals surface area contributed by atoms with Crippen molar-refractivity contribution in [2.45, 2.75) is 38.9 Å². The Morgan fingerprint density at radius 1 is 0.247 bits per heavy atom. The Hall–Kier alpha value is -10.4. The molecule has 0 amide bonds. The van der Waals surface area contributed by atoms with E-state index in [1.807, 2.05) is 84.9 Å². The summed E-state index contributed by atoms with van der Waals surface area (Å²) in [5.74, 6) is 1.89. The lowest BCUT2D eigenvalue weighted by atomic mass is 9.78. The van der Waals surface area contributed by atoms with E-state index in [9.17, 15) is 0 Å². The molecule has 10 heteroatoms. The zero-order chi connectivity index (χ0) is 57.0. The monoisotopic (exact) mass is 1100 g/mol. The van der Waals surface area contributed by atoms with Gasteiger partial charge in [-0.1, -0.05) is 182 Å². The van der Waals surface area contributed by atoms with Crippen molar-refractivity contribution in [3.63, 3.8) is 0 Å². The summed E-state index contributed by atoms with van der Waals surface area (Å²) >= 11 is 0. The van der Waals surface area contributed by atoms with E-state index in [0.29, 0.717) is 17.5 Å². The second kappa shape index (κ2) is 19.6. The predicted molar refractivity (Wildman–Crippen MR) is 344 cm³/mol. The molecule has 406 valence electrons.